The normalized spacial score (nSPS) is 23.0. The van der Waals surface area contributed by atoms with Crippen molar-refractivity contribution in [3.63, 3.8) is 0 Å². The Hall–Kier alpha value is -0.810. The highest BCUT2D eigenvalue weighted by Crippen LogP contribution is 2.16. The average molecular weight is 297 g/mol. The lowest BCUT2D eigenvalue weighted by atomic mass is 9.98. The number of aliphatic hydroxyl groups excluding tert-OH is 1. The molecule has 2 amide bonds. The van der Waals surface area contributed by atoms with Crippen LogP contribution in [0.5, 0.6) is 0 Å². The van der Waals surface area contributed by atoms with Crippen molar-refractivity contribution in [3.05, 3.63) is 0 Å². The lowest BCUT2D eigenvalue weighted by Gasteiger charge is -2.33. The van der Waals surface area contributed by atoms with Crippen LogP contribution in [0.3, 0.4) is 0 Å². The molecular weight excluding hydrogens is 266 g/mol. The van der Waals surface area contributed by atoms with Crippen molar-refractivity contribution in [2.45, 2.75) is 51.5 Å². The number of urea groups is 1. The van der Waals surface area contributed by atoms with Crippen LogP contribution in [-0.2, 0) is 0 Å². The van der Waals surface area contributed by atoms with Crippen molar-refractivity contribution >= 4 is 6.03 Å². The van der Waals surface area contributed by atoms with Gasteiger partial charge in [0.1, 0.15) is 0 Å². The zero-order valence-corrected chi connectivity index (χ0v) is 13.4. The molecule has 21 heavy (non-hydrogen) atoms. The molecule has 5 nitrogen and oxygen atoms in total. The van der Waals surface area contributed by atoms with Crippen molar-refractivity contribution in [2.24, 2.45) is 5.92 Å². The summed E-state index contributed by atoms with van der Waals surface area (Å²) in [5.74, 6) is 0.383. The third-order valence-corrected chi connectivity index (χ3v) is 5.01. The summed E-state index contributed by atoms with van der Waals surface area (Å²) < 4.78 is 0. The predicted octanol–water partition coefficient (Wildman–Crippen LogP) is 1.66. The van der Waals surface area contributed by atoms with Gasteiger partial charge in [0.05, 0.1) is 0 Å². The van der Waals surface area contributed by atoms with Crippen LogP contribution in [0, 0.1) is 5.92 Å². The molecular formula is C16H31N3O2. The topological polar surface area (TPSA) is 55.8 Å². The molecule has 2 N–H and O–H groups in total. The summed E-state index contributed by atoms with van der Waals surface area (Å²) in [5, 5.41) is 12.2. The highest BCUT2D eigenvalue weighted by atomic mass is 16.3. The van der Waals surface area contributed by atoms with Gasteiger partial charge < -0.3 is 20.2 Å². The monoisotopic (exact) mass is 297 g/mol. The third kappa shape index (κ3) is 5.15. The fraction of sp³-hybridized carbons (Fsp3) is 0.938. The van der Waals surface area contributed by atoms with Gasteiger partial charge in [-0.25, -0.2) is 4.79 Å². The zero-order chi connectivity index (χ0) is 15.1. The first-order valence-corrected chi connectivity index (χ1v) is 8.58. The second kappa shape index (κ2) is 8.59. The maximum atomic E-state index is 12.1. The van der Waals surface area contributed by atoms with Gasteiger partial charge in [-0.1, -0.05) is 6.42 Å². The number of carbonyl (C=O) groups excluding carboxylic acids is 1. The highest BCUT2D eigenvalue weighted by Gasteiger charge is 2.22. The van der Waals surface area contributed by atoms with Crippen LogP contribution in [-0.4, -0.2) is 66.3 Å². The summed E-state index contributed by atoms with van der Waals surface area (Å²) >= 11 is 0. The van der Waals surface area contributed by atoms with Crippen molar-refractivity contribution in [3.8, 4) is 0 Å². The smallest absolute Gasteiger partial charge is 0.317 e. The van der Waals surface area contributed by atoms with Gasteiger partial charge in [-0.05, 0) is 58.0 Å². The van der Waals surface area contributed by atoms with E-state index in [1.54, 1.807) is 0 Å². The molecule has 2 fully saturated rings. The summed E-state index contributed by atoms with van der Waals surface area (Å²) in [6.07, 6.45) is 6.87. The second-order valence-corrected chi connectivity index (χ2v) is 6.58. The molecule has 2 aliphatic heterocycles. The summed E-state index contributed by atoms with van der Waals surface area (Å²) in [4.78, 5) is 16.5. The molecule has 0 saturated carbocycles. The number of carbonyl (C=O) groups is 1. The van der Waals surface area contributed by atoms with E-state index in [1.165, 1.54) is 32.4 Å². The number of nitrogens with one attached hydrogen (secondary N) is 1. The van der Waals surface area contributed by atoms with Gasteiger partial charge in [-0.15, -0.1) is 0 Å². The third-order valence-electron chi connectivity index (χ3n) is 5.01. The van der Waals surface area contributed by atoms with E-state index in [9.17, 15) is 4.79 Å². The Labute approximate surface area is 128 Å². The molecule has 0 aromatic heterocycles. The number of likely N-dealkylation sites (tertiary alicyclic amines) is 2. The fourth-order valence-electron chi connectivity index (χ4n) is 3.36. The van der Waals surface area contributed by atoms with Crippen LogP contribution < -0.4 is 5.32 Å². The van der Waals surface area contributed by atoms with Crippen LogP contribution in [0.15, 0.2) is 0 Å². The van der Waals surface area contributed by atoms with E-state index in [2.05, 4.69) is 17.1 Å². The van der Waals surface area contributed by atoms with Crippen molar-refractivity contribution in [2.75, 3.05) is 39.3 Å². The quantitative estimate of drug-likeness (QED) is 0.811. The largest absolute Gasteiger partial charge is 0.396 e. The van der Waals surface area contributed by atoms with E-state index in [0.717, 1.165) is 38.9 Å². The number of piperidine rings is 2. The number of hydrogen-bond acceptors (Lipinski definition) is 3. The molecule has 2 saturated heterocycles. The lowest BCUT2D eigenvalue weighted by Crippen LogP contribution is -2.46. The molecule has 2 heterocycles. The van der Waals surface area contributed by atoms with Crippen LogP contribution in [0.2, 0.25) is 0 Å². The number of amides is 2. The van der Waals surface area contributed by atoms with Crippen molar-refractivity contribution in [1.82, 2.24) is 15.1 Å². The standard InChI is InChI=1S/C16H31N3O2/c1-14(18-9-3-2-4-10-18)5-8-17-16(21)19-11-6-15(13-20)7-12-19/h14-15,20H,2-13H2,1H3,(H,17,21)/t14-/m0/s1. The SMILES string of the molecule is C[C@@H](CCNC(=O)N1CCC(CO)CC1)N1CCCCC1. The minimum Gasteiger partial charge on any atom is -0.396 e. The number of aliphatic hydroxyl groups is 1. The van der Waals surface area contributed by atoms with Gasteiger partial charge in [0, 0.05) is 32.3 Å². The number of hydrogen-bond donors (Lipinski definition) is 2. The highest BCUT2D eigenvalue weighted by molar-refractivity contribution is 5.74. The van der Waals surface area contributed by atoms with E-state index < -0.39 is 0 Å². The van der Waals surface area contributed by atoms with E-state index >= 15 is 0 Å². The van der Waals surface area contributed by atoms with Gasteiger partial charge in [-0.3, -0.25) is 0 Å². The zero-order valence-electron chi connectivity index (χ0n) is 13.4. The summed E-state index contributed by atoms with van der Waals surface area (Å²) in [5.41, 5.74) is 0. The van der Waals surface area contributed by atoms with Gasteiger partial charge in [-0.2, -0.15) is 0 Å². The summed E-state index contributed by atoms with van der Waals surface area (Å²) in [6, 6.07) is 0.628. The van der Waals surface area contributed by atoms with E-state index in [4.69, 9.17) is 5.11 Å². The Kier molecular flexibility index (Phi) is 6.77. The Morgan fingerprint density at radius 3 is 2.48 bits per heavy atom. The molecule has 0 spiro atoms. The lowest BCUT2D eigenvalue weighted by molar-refractivity contribution is 0.135. The molecule has 0 radical (unpaired) electrons. The summed E-state index contributed by atoms with van der Waals surface area (Å²) in [6.45, 7) is 7.26. The Bertz CT molecular complexity index is 311. The molecule has 0 bridgehead atoms. The maximum absolute atomic E-state index is 12.1. The minimum absolute atomic E-state index is 0.0669. The molecule has 2 aliphatic rings. The predicted molar refractivity (Wildman–Crippen MR) is 84.3 cm³/mol. The average Bonchev–Trinajstić information content (AvgIpc) is 2.55. The first-order chi connectivity index (χ1) is 10.2. The molecule has 0 aromatic rings. The Morgan fingerprint density at radius 2 is 1.86 bits per heavy atom. The van der Waals surface area contributed by atoms with Crippen LogP contribution >= 0.6 is 0 Å². The van der Waals surface area contributed by atoms with Crippen LogP contribution in [0.4, 0.5) is 4.79 Å². The Balaban J connectivity index is 1.60. The van der Waals surface area contributed by atoms with Gasteiger partial charge >= 0.3 is 6.03 Å². The molecule has 122 valence electrons. The van der Waals surface area contributed by atoms with Gasteiger partial charge in [0.15, 0.2) is 0 Å². The van der Waals surface area contributed by atoms with Crippen LogP contribution in [0.25, 0.3) is 0 Å². The van der Waals surface area contributed by atoms with E-state index in [1.807, 2.05) is 4.90 Å². The first-order valence-electron chi connectivity index (χ1n) is 8.58. The maximum Gasteiger partial charge on any atom is 0.317 e. The number of nitrogens with zero attached hydrogens (tertiary/aromatic N) is 2. The van der Waals surface area contributed by atoms with Gasteiger partial charge in [0.25, 0.3) is 0 Å². The van der Waals surface area contributed by atoms with Crippen molar-refractivity contribution in [1.29, 1.82) is 0 Å². The first kappa shape index (κ1) is 16.6. The molecule has 0 unspecified atom stereocenters. The molecule has 0 aromatic carbocycles. The molecule has 1 atom stereocenters. The molecule has 2 rings (SSSR count). The van der Waals surface area contributed by atoms with Crippen molar-refractivity contribution < 1.29 is 9.90 Å². The minimum atomic E-state index is 0.0669. The second-order valence-electron chi connectivity index (χ2n) is 6.58. The summed E-state index contributed by atoms with van der Waals surface area (Å²) in [7, 11) is 0. The molecule has 5 heteroatoms. The Morgan fingerprint density at radius 1 is 1.19 bits per heavy atom. The van der Waals surface area contributed by atoms with E-state index in [-0.39, 0.29) is 12.6 Å². The fourth-order valence-corrected chi connectivity index (χ4v) is 3.36. The molecule has 0 aliphatic carbocycles. The van der Waals surface area contributed by atoms with E-state index in [0.29, 0.717) is 12.0 Å². The van der Waals surface area contributed by atoms with Crippen LogP contribution in [0.1, 0.15) is 45.4 Å². The number of rotatable bonds is 5. The van der Waals surface area contributed by atoms with Gasteiger partial charge in [0.2, 0.25) is 0 Å².